The van der Waals surface area contributed by atoms with E-state index in [0.717, 1.165) is 21.9 Å². The fourth-order valence-corrected chi connectivity index (χ4v) is 2.56. The average Bonchev–Trinajstić information content (AvgIpc) is 2.76. The molecule has 3 aromatic carbocycles. The number of aliphatic carboxylic acids is 1. The Morgan fingerprint density at radius 3 is 2.36 bits per heavy atom. The zero-order valence-corrected chi connectivity index (χ0v) is 17.1. The van der Waals surface area contributed by atoms with Crippen molar-refractivity contribution in [3.05, 3.63) is 77.4 Å². The van der Waals surface area contributed by atoms with Gasteiger partial charge in [0.2, 0.25) is 0 Å². The molecule has 1 amide bonds. The topological polar surface area (TPSA) is 131 Å². The first-order chi connectivity index (χ1) is 15.6. The molecule has 0 heterocycles. The molecule has 0 aliphatic carbocycles. The number of anilines is 1. The van der Waals surface area contributed by atoms with Crippen LogP contribution >= 0.6 is 0 Å². The molecule has 3 aromatic rings. The molecule has 0 aromatic heterocycles. The Hall–Kier alpha value is -4.52. The molecule has 0 radical (unpaired) electrons. The molecule has 10 heteroatoms. The van der Waals surface area contributed by atoms with Crippen molar-refractivity contribution >= 4 is 34.6 Å². The molecule has 0 aliphatic heterocycles. The standard InChI is InChI=1S/C21H18N4O.C2HF3O2/c22-20-5-1-4-19(13-20)21(26)24-10-2-3-15-6-8-18-12-16(14-25-23)7-9-17(18)11-15;3-2(4,5)1(6)7/h1,4-9,11-14H,10,22-23H2,(H,24,26);(H,6,7). The summed E-state index contributed by atoms with van der Waals surface area (Å²) in [7, 11) is 0. The lowest BCUT2D eigenvalue weighted by molar-refractivity contribution is -0.192. The van der Waals surface area contributed by atoms with E-state index in [4.69, 9.17) is 21.5 Å². The summed E-state index contributed by atoms with van der Waals surface area (Å²) in [6.45, 7) is 0.261. The molecule has 0 fully saturated rings. The Labute approximate surface area is 186 Å². The number of hydrogen-bond acceptors (Lipinski definition) is 5. The number of rotatable bonds is 3. The van der Waals surface area contributed by atoms with Crippen molar-refractivity contribution in [2.75, 3.05) is 12.3 Å². The Morgan fingerprint density at radius 1 is 1.06 bits per heavy atom. The SMILES string of the molecule is NN=Cc1ccc2cc(C#CCNC(=O)c3cccc(N)c3)ccc2c1.O=C(O)C(F)(F)F. The Morgan fingerprint density at radius 2 is 1.73 bits per heavy atom. The van der Waals surface area contributed by atoms with Crippen LogP contribution in [0.15, 0.2) is 65.8 Å². The zero-order valence-electron chi connectivity index (χ0n) is 17.1. The number of amides is 1. The van der Waals surface area contributed by atoms with Gasteiger partial charge in [0.1, 0.15) is 0 Å². The van der Waals surface area contributed by atoms with Crippen molar-refractivity contribution < 1.29 is 27.9 Å². The molecule has 0 bridgehead atoms. The normalized spacial score (nSPS) is 10.6. The maximum absolute atomic E-state index is 12.0. The summed E-state index contributed by atoms with van der Waals surface area (Å²) in [6.07, 6.45) is -3.48. The first-order valence-electron chi connectivity index (χ1n) is 9.30. The number of nitrogens with one attached hydrogen (secondary N) is 1. The number of nitrogen functional groups attached to an aromatic ring is 1. The van der Waals surface area contributed by atoms with Crippen molar-refractivity contribution in [2.24, 2.45) is 10.9 Å². The fraction of sp³-hybridized carbons (Fsp3) is 0.0870. The van der Waals surface area contributed by atoms with E-state index in [1.165, 1.54) is 0 Å². The Balaban J connectivity index is 0.000000479. The third kappa shape index (κ3) is 7.91. The van der Waals surface area contributed by atoms with Crippen LogP contribution in [0.4, 0.5) is 18.9 Å². The van der Waals surface area contributed by atoms with E-state index in [0.29, 0.717) is 11.3 Å². The number of benzene rings is 3. The Bertz CT molecular complexity index is 1240. The van der Waals surface area contributed by atoms with Crippen LogP contribution in [0.3, 0.4) is 0 Å². The zero-order chi connectivity index (χ0) is 24.4. The second-order valence-electron chi connectivity index (χ2n) is 6.51. The minimum Gasteiger partial charge on any atom is -0.475 e. The van der Waals surface area contributed by atoms with Gasteiger partial charge in [-0.15, -0.1) is 0 Å². The summed E-state index contributed by atoms with van der Waals surface area (Å²) >= 11 is 0. The number of halogens is 3. The van der Waals surface area contributed by atoms with Crippen LogP contribution in [0.5, 0.6) is 0 Å². The van der Waals surface area contributed by atoms with Gasteiger partial charge in [-0.05, 0) is 52.7 Å². The number of fused-ring (bicyclic) bond motifs is 1. The molecule has 0 unspecified atom stereocenters. The van der Waals surface area contributed by atoms with Crippen LogP contribution < -0.4 is 16.9 Å². The lowest BCUT2D eigenvalue weighted by Crippen LogP contribution is -2.23. The van der Waals surface area contributed by atoms with Gasteiger partial charge >= 0.3 is 12.1 Å². The van der Waals surface area contributed by atoms with E-state index in [-0.39, 0.29) is 12.5 Å². The summed E-state index contributed by atoms with van der Waals surface area (Å²) in [5.74, 6) is 8.25. The van der Waals surface area contributed by atoms with Gasteiger partial charge in [-0.2, -0.15) is 18.3 Å². The summed E-state index contributed by atoms with van der Waals surface area (Å²) in [6, 6.07) is 18.7. The number of nitrogens with two attached hydrogens (primary N) is 2. The number of carboxylic acids is 1. The number of nitrogens with zero attached hydrogens (tertiary/aromatic N) is 1. The lowest BCUT2D eigenvalue weighted by Gasteiger charge is -2.02. The predicted octanol–water partition coefficient (Wildman–Crippen LogP) is 3.13. The minimum absolute atomic E-state index is 0.195. The highest BCUT2D eigenvalue weighted by Gasteiger charge is 2.38. The van der Waals surface area contributed by atoms with E-state index in [9.17, 15) is 18.0 Å². The van der Waals surface area contributed by atoms with Gasteiger partial charge in [0.15, 0.2) is 0 Å². The summed E-state index contributed by atoms with van der Waals surface area (Å²) in [5.41, 5.74) is 8.59. The molecule has 7 nitrogen and oxygen atoms in total. The number of alkyl halides is 3. The van der Waals surface area contributed by atoms with Crippen molar-refractivity contribution in [2.45, 2.75) is 6.18 Å². The smallest absolute Gasteiger partial charge is 0.475 e. The van der Waals surface area contributed by atoms with Crippen LogP contribution in [0.25, 0.3) is 10.8 Å². The third-order valence-corrected chi connectivity index (χ3v) is 4.05. The van der Waals surface area contributed by atoms with Crippen LogP contribution in [-0.2, 0) is 4.79 Å². The molecular formula is C23H19F3N4O3. The molecule has 0 spiro atoms. The quantitative estimate of drug-likeness (QED) is 0.158. The Kier molecular flexibility index (Phi) is 8.40. The fourth-order valence-electron chi connectivity index (χ4n) is 2.56. The van der Waals surface area contributed by atoms with E-state index >= 15 is 0 Å². The average molecular weight is 456 g/mol. The van der Waals surface area contributed by atoms with Crippen molar-refractivity contribution in [1.29, 1.82) is 0 Å². The number of hydrogen-bond donors (Lipinski definition) is 4. The second-order valence-corrected chi connectivity index (χ2v) is 6.51. The predicted molar refractivity (Wildman–Crippen MR) is 119 cm³/mol. The van der Waals surface area contributed by atoms with Gasteiger partial charge in [-0.3, -0.25) is 4.79 Å². The highest BCUT2D eigenvalue weighted by molar-refractivity contribution is 5.95. The highest BCUT2D eigenvalue weighted by Crippen LogP contribution is 2.17. The first kappa shape index (κ1) is 24.7. The number of carboxylic acid groups (broad SMARTS) is 1. The van der Waals surface area contributed by atoms with Gasteiger partial charge in [0, 0.05) is 16.8 Å². The number of carbonyl (C=O) groups is 2. The molecule has 6 N–H and O–H groups in total. The summed E-state index contributed by atoms with van der Waals surface area (Å²) in [4.78, 5) is 20.9. The number of carbonyl (C=O) groups excluding carboxylic acids is 1. The molecule has 0 saturated heterocycles. The van der Waals surface area contributed by atoms with Gasteiger partial charge in [0.25, 0.3) is 5.91 Å². The molecular weight excluding hydrogens is 437 g/mol. The molecule has 33 heavy (non-hydrogen) atoms. The molecule has 0 atom stereocenters. The minimum atomic E-state index is -5.08. The summed E-state index contributed by atoms with van der Waals surface area (Å²) in [5, 5.41) is 15.6. The van der Waals surface area contributed by atoms with E-state index in [2.05, 4.69) is 22.3 Å². The van der Waals surface area contributed by atoms with Gasteiger partial charge in [-0.1, -0.05) is 36.1 Å². The molecule has 0 saturated carbocycles. The second kappa shape index (κ2) is 11.2. The van der Waals surface area contributed by atoms with Crippen molar-refractivity contribution in [3.63, 3.8) is 0 Å². The van der Waals surface area contributed by atoms with Gasteiger partial charge in [0.05, 0.1) is 12.8 Å². The van der Waals surface area contributed by atoms with Crippen LogP contribution in [-0.4, -0.2) is 35.9 Å². The maximum Gasteiger partial charge on any atom is 0.490 e. The molecule has 0 aliphatic rings. The van der Waals surface area contributed by atoms with Crippen molar-refractivity contribution in [1.82, 2.24) is 5.32 Å². The van der Waals surface area contributed by atoms with E-state index in [1.54, 1.807) is 30.5 Å². The van der Waals surface area contributed by atoms with Crippen LogP contribution in [0.1, 0.15) is 21.5 Å². The monoisotopic (exact) mass is 456 g/mol. The highest BCUT2D eigenvalue weighted by atomic mass is 19.4. The van der Waals surface area contributed by atoms with Crippen LogP contribution in [0, 0.1) is 11.8 Å². The van der Waals surface area contributed by atoms with Gasteiger partial charge < -0.3 is 22.0 Å². The molecule has 3 rings (SSSR count). The first-order valence-corrected chi connectivity index (χ1v) is 9.30. The molecule has 170 valence electrons. The van der Waals surface area contributed by atoms with Crippen LogP contribution in [0.2, 0.25) is 0 Å². The van der Waals surface area contributed by atoms with Crippen molar-refractivity contribution in [3.8, 4) is 11.8 Å². The summed E-state index contributed by atoms with van der Waals surface area (Å²) < 4.78 is 31.7. The largest absolute Gasteiger partial charge is 0.490 e. The van der Waals surface area contributed by atoms with Gasteiger partial charge in [-0.25, -0.2) is 4.79 Å². The lowest BCUT2D eigenvalue weighted by atomic mass is 10.0. The third-order valence-electron chi connectivity index (χ3n) is 4.05. The number of hydrazone groups is 1. The van der Waals surface area contributed by atoms with E-state index < -0.39 is 12.1 Å². The maximum atomic E-state index is 12.0. The van der Waals surface area contributed by atoms with E-state index in [1.807, 2.05) is 36.4 Å².